The molecule has 0 aliphatic rings. The zero-order valence-electron chi connectivity index (χ0n) is 12.3. The second-order valence-electron chi connectivity index (χ2n) is 4.40. The first kappa shape index (κ1) is 15.4. The van der Waals surface area contributed by atoms with Crippen LogP contribution in [-0.2, 0) is 12.3 Å². The molecule has 0 saturated carbocycles. The molecule has 0 unspecified atom stereocenters. The summed E-state index contributed by atoms with van der Waals surface area (Å²) in [4.78, 5) is 12.1. The van der Waals surface area contributed by atoms with Gasteiger partial charge in [-0.1, -0.05) is 0 Å². The fraction of sp³-hybridized carbons (Fsp3) is 0.333. The summed E-state index contributed by atoms with van der Waals surface area (Å²) >= 11 is 4.22. The van der Waals surface area contributed by atoms with Crippen LogP contribution in [0.5, 0.6) is 11.5 Å². The molecule has 0 N–H and O–H groups in total. The minimum Gasteiger partial charge on any atom is -0.497 e. The van der Waals surface area contributed by atoms with Gasteiger partial charge in [-0.2, -0.15) is 17.7 Å². The third-order valence-corrected chi connectivity index (χ3v) is 3.54. The Labute approximate surface area is 128 Å². The number of benzene rings is 1. The number of rotatable bonds is 5. The van der Waals surface area contributed by atoms with Gasteiger partial charge in [-0.15, -0.1) is 0 Å². The van der Waals surface area contributed by atoms with E-state index in [1.165, 1.54) is 4.68 Å². The molecule has 21 heavy (non-hydrogen) atoms. The largest absolute Gasteiger partial charge is 0.497 e. The van der Waals surface area contributed by atoms with Crippen LogP contribution < -0.4 is 15.0 Å². The van der Waals surface area contributed by atoms with Gasteiger partial charge in [0.1, 0.15) is 11.5 Å². The molecular weight excluding hydrogens is 288 g/mol. The Kier molecular flexibility index (Phi) is 4.90. The molecule has 0 amide bonds. The van der Waals surface area contributed by atoms with E-state index in [0.29, 0.717) is 35.1 Å². The first-order valence-corrected chi connectivity index (χ1v) is 7.22. The van der Waals surface area contributed by atoms with Gasteiger partial charge in [0, 0.05) is 23.4 Å². The van der Waals surface area contributed by atoms with Gasteiger partial charge in [-0.25, -0.2) is 4.68 Å². The maximum absolute atomic E-state index is 12.1. The molecule has 2 aromatic rings. The van der Waals surface area contributed by atoms with E-state index in [-0.39, 0.29) is 5.56 Å². The van der Waals surface area contributed by atoms with Crippen LogP contribution in [0.1, 0.15) is 12.5 Å². The minimum absolute atomic E-state index is 0.113. The summed E-state index contributed by atoms with van der Waals surface area (Å²) < 4.78 is 12.1. The van der Waals surface area contributed by atoms with Crippen LogP contribution in [0.2, 0.25) is 0 Å². The van der Waals surface area contributed by atoms with Gasteiger partial charge in [0.15, 0.2) is 0 Å². The molecule has 0 aliphatic heterocycles. The lowest BCUT2D eigenvalue weighted by molar-refractivity contribution is 0.404. The van der Waals surface area contributed by atoms with Crippen molar-refractivity contribution in [1.29, 1.82) is 0 Å². The third-order valence-electron chi connectivity index (χ3n) is 3.20. The molecule has 112 valence electrons. The summed E-state index contributed by atoms with van der Waals surface area (Å²) in [5.41, 5.74) is 1.94. The van der Waals surface area contributed by atoms with Crippen molar-refractivity contribution in [3.8, 4) is 22.8 Å². The second kappa shape index (κ2) is 6.67. The summed E-state index contributed by atoms with van der Waals surface area (Å²) in [6, 6.07) is 7.22. The summed E-state index contributed by atoms with van der Waals surface area (Å²) in [6.07, 6.45) is 0. The predicted octanol–water partition coefficient (Wildman–Crippen LogP) is 2.38. The van der Waals surface area contributed by atoms with Gasteiger partial charge in [0.2, 0.25) is 0 Å². The lowest BCUT2D eigenvalue weighted by Crippen LogP contribution is -2.25. The maximum Gasteiger partial charge on any atom is 0.270 e. The van der Waals surface area contributed by atoms with Crippen molar-refractivity contribution in [2.45, 2.75) is 19.2 Å². The van der Waals surface area contributed by atoms with E-state index in [0.717, 1.165) is 5.56 Å². The van der Waals surface area contributed by atoms with Crippen molar-refractivity contribution in [2.24, 2.45) is 0 Å². The number of nitrogens with zero attached hydrogens (tertiary/aromatic N) is 2. The Morgan fingerprint density at radius 1 is 1.24 bits per heavy atom. The highest BCUT2D eigenvalue weighted by molar-refractivity contribution is 7.79. The Morgan fingerprint density at radius 2 is 2.00 bits per heavy atom. The molecule has 1 heterocycles. The topological polar surface area (TPSA) is 53.4 Å². The summed E-state index contributed by atoms with van der Waals surface area (Å²) in [7, 11) is 3.20. The molecule has 0 spiro atoms. The van der Waals surface area contributed by atoms with Crippen molar-refractivity contribution in [1.82, 2.24) is 9.78 Å². The lowest BCUT2D eigenvalue weighted by atomic mass is 10.1. The average Bonchev–Trinajstić information content (AvgIpc) is 2.54. The molecule has 0 aliphatic carbocycles. The fourth-order valence-corrected chi connectivity index (χ4v) is 2.30. The number of methoxy groups -OCH3 is 2. The molecule has 2 rings (SSSR count). The molecular formula is C15H18N2O3S. The van der Waals surface area contributed by atoms with Crippen molar-refractivity contribution >= 4 is 12.6 Å². The third kappa shape index (κ3) is 3.05. The second-order valence-corrected chi connectivity index (χ2v) is 4.72. The zero-order valence-corrected chi connectivity index (χ0v) is 13.2. The van der Waals surface area contributed by atoms with E-state index >= 15 is 0 Å². The number of aryl methyl sites for hydroxylation is 1. The van der Waals surface area contributed by atoms with Crippen LogP contribution in [0, 0.1) is 0 Å². The van der Waals surface area contributed by atoms with Crippen molar-refractivity contribution in [2.75, 3.05) is 14.2 Å². The summed E-state index contributed by atoms with van der Waals surface area (Å²) in [6.45, 7) is 2.38. The minimum atomic E-state index is -0.113. The van der Waals surface area contributed by atoms with Crippen LogP contribution >= 0.6 is 12.6 Å². The highest BCUT2D eigenvalue weighted by atomic mass is 32.1. The molecule has 0 fully saturated rings. The Hall–Kier alpha value is -1.95. The molecule has 1 aromatic heterocycles. The first-order valence-electron chi connectivity index (χ1n) is 6.58. The van der Waals surface area contributed by atoms with Crippen LogP contribution in [-0.4, -0.2) is 24.0 Å². The average molecular weight is 306 g/mol. The lowest BCUT2D eigenvalue weighted by Gasteiger charge is -2.12. The van der Waals surface area contributed by atoms with Crippen molar-refractivity contribution < 1.29 is 9.47 Å². The normalized spacial score (nSPS) is 10.5. The van der Waals surface area contributed by atoms with Crippen LogP contribution in [0.15, 0.2) is 29.1 Å². The van der Waals surface area contributed by atoms with E-state index in [4.69, 9.17) is 9.47 Å². The van der Waals surface area contributed by atoms with Crippen LogP contribution in [0.3, 0.4) is 0 Å². The monoisotopic (exact) mass is 306 g/mol. The first-order chi connectivity index (χ1) is 10.1. The van der Waals surface area contributed by atoms with E-state index < -0.39 is 0 Å². The maximum atomic E-state index is 12.1. The van der Waals surface area contributed by atoms with Gasteiger partial charge in [-0.05, 0) is 31.2 Å². The van der Waals surface area contributed by atoms with Gasteiger partial charge >= 0.3 is 0 Å². The van der Waals surface area contributed by atoms with Gasteiger partial charge in [-0.3, -0.25) is 4.79 Å². The zero-order chi connectivity index (χ0) is 15.4. The smallest absolute Gasteiger partial charge is 0.270 e. The van der Waals surface area contributed by atoms with Gasteiger partial charge < -0.3 is 9.47 Å². The molecule has 0 atom stereocenters. The molecule has 6 heteroatoms. The van der Waals surface area contributed by atoms with Gasteiger partial charge in [0.25, 0.3) is 5.56 Å². The Morgan fingerprint density at radius 3 is 2.57 bits per heavy atom. The standard InChI is InChI=1S/C15H18N2O3S/c1-4-17-15(18)10(9-21)7-13(16-17)12-8-11(19-2)5-6-14(12)20-3/h5-8,21H,4,9H2,1-3H3. The Bertz CT molecular complexity index is 670. The number of aromatic nitrogens is 2. The summed E-state index contributed by atoms with van der Waals surface area (Å²) in [5, 5.41) is 4.39. The van der Waals surface area contributed by atoms with E-state index in [9.17, 15) is 4.79 Å². The van der Waals surface area contributed by atoms with Crippen molar-refractivity contribution in [3.63, 3.8) is 0 Å². The fourth-order valence-electron chi connectivity index (χ4n) is 2.07. The van der Waals surface area contributed by atoms with E-state index in [1.807, 2.05) is 25.1 Å². The summed E-state index contributed by atoms with van der Waals surface area (Å²) in [5.74, 6) is 1.74. The number of hydrogen-bond acceptors (Lipinski definition) is 5. The molecule has 1 aromatic carbocycles. The van der Waals surface area contributed by atoms with E-state index in [1.54, 1.807) is 20.3 Å². The van der Waals surface area contributed by atoms with Gasteiger partial charge in [0.05, 0.1) is 19.9 Å². The number of thiol groups is 1. The van der Waals surface area contributed by atoms with Crippen molar-refractivity contribution in [3.05, 3.63) is 40.2 Å². The molecule has 5 nitrogen and oxygen atoms in total. The Balaban J connectivity index is 2.68. The highest BCUT2D eigenvalue weighted by Gasteiger charge is 2.13. The number of hydrogen-bond donors (Lipinski definition) is 1. The predicted molar refractivity (Wildman–Crippen MR) is 85.4 cm³/mol. The van der Waals surface area contributed by atoms with Crippen LogP contribution in [0.25, 0.3) is 11.3 Å². The molecule has 0 radical (unpaired) electrons. The molecule has 0 saturated heterocycles. The highest BCUT2D eigenvalue weighted by Crippen LogP contribution is 2.32. The SMILES string of the molecule is CCn1nc(-c2cc(OC)ccc2OC)cc(CS)c1=O. The van der Waals surface area contributed by atoms with E-state index in [2.05, 4.69) is 17.7 Å². The quantitative estimate of drug-likeness (QED) is 0.862. The molecule has 0 bridgehead atoms. The number of ether oxygens (including phenoxy) is 2. The van der Waals surface area contributed by atoms with Crippen LogP contribution in [0.4, 0.5) is 0 Å².